The van der Waals surface area contributed by atoms with Crippen molar-refractivity contribution in [2.45, 2.75) is 9.65 Å². The van der Waals surface area contributed by atoms with Crippen molar-refractivity contribution in [2.75, 3.05) is 6.54 Å². The van der Waals surface area contributed by atoms with Crippen LogP contribution in [0.1, 0.15) is 6.42 Å². The Morgan fingerprint density at radius 3 is 2.38 bits per heavy atom. The molecular weight excluding hydrogens is 238 g/mol. The number of halogens is 2. The second kappa shape index (κ2) is 1.99. The molecule has 0 atom stereocenters. The van der Waals surface area contributed by atoms with E-state index < -0.39 is 3.23 Å². The number of hydrogen-bond donors (Lipinski definition) is 1. The molecule has 0 spiro atoms. The monoisotopic (exact) mass is 241 g/mol. The summed E-state index contributed by atoms with van der Waals surface area (Å²) in [6, 6.07) is 0. The zero-order valence-electron chi connectivity index (χ0n) is 4.08. The summed E-state index contributed by atoms with van der Waals surface area (Å²) in [6.07, 6.45) is 0.811. The lowest BCUT2D eigenvalue weighted by molar-refractivity contribution is -0.119. The van der Waals surface area contributed by atoms with Crippen LogP contribution in [0.3, 0.4) is 0 Å². The van der Waals surface area contributed by atoms with Crippen LogP contribution in [0.15, 0.2) is 0 Å². The van der Waals surface area contributed by atoms with Gasteiger partial charge >= 0.3 is 0 Å². The molecule has 0 radical (unpaired) electrons. The lowest BCUT2D eigenvalue weighted by Crippen LogP contribution is -2.25. The van der Waals surface area contributed by atoms with E-state index in [1.54, 1.807) is 0 Å². The highest BCUT2D eigenvalue weighted by Gasteiger charge is 2.36. The molecule has 1 N–H and O–H groups in total. The highest BCUT2D eigenvalue weighted by molar-refractivity contribution is 9.25. The third-order valence-corrected chi connectivity index (χ3v) is 2.57. The average Bonchev–Trinajstić information content (AvgIpc) is 1.86. The van der Waals surface area contributed by atoms with Crippen LogP contribution < -0.4 is 5.32 Å². The molecule has 1 amide bonds. The summed E-state index contributed by atoms with van der Waals surface area (Å²) in [4.78, 5) is 10.7. The fourth-order valence-corrected chi connectivity index (χ4v) is 1.25. The van der Waals surface area contributed by atoms with Crippen LogP contribution >= 0.6 is 31.9 Å². The average molecular weight is 243 g/mol. The van der Waals surface area contributed by atoms with E-state index >= 15 is 0 Å². The van der Waals surface area contributed by atoms with E-state index in [0.29, 0.717) is 0 Å². The summed E-state index contributed by atoms with van der Waals surface area (Å²) in [7, 11) is 0. The third kappa shape index (κ3) is 1.05. The quantitative estimate of drug-likeness (QED) is 0.631. The van der Waals surface area contributed by atoms with Crippen molar-refractivity contribution in [3.63, 3.8) is 0 Å². The first kappa shape index (κ1) is 6.55. The van der Waals surface area contributed by atoms with Gasteiger partial charge in [0.1, 0.15) is 0 Å². The molecule has 8 heavy (non-hydrogen) atoms. The topological polar surface area (TPSA) is 29.1 Å². The van der Waals surface area contributed by atoms with Gasteiger partial charge < -0.3 is 5.32 Å². The first-order valence-corrected chi connectivity index (χ1v) is 3.88. The first-order valence-electron chi connectivity index (χ1n) is 2.29. The van der Waals surface area contributed by atoms with Gasteiger partial charge in [-0.05, 0) is 6.42 Å². The van der Waals surface area contributed by atoms with Crippen molar-refractivity contribution in [3.05, 3.63) is 0 Å². The van der Waals surface area contributed by atoms with E-state index in [4.69, 9.17) is 0 Å². The molecule has 46 valence electrons. The molecule has 1 saturated heterocycles. The standard InChI is InChI=1S/C4H5Br2NO/c5-4(6)1-2-7-3(4)8/h1-2H2,(H,7,8). The van der Waals surface area contributed by atoms with E-state index in [9.17, 15) is 4.79 Å². The Morgan fingerprint density at radius 2 is 2.25 bits per heavy atom. The maximum atomic E-state index is 10.7. The predicted molar refractivity (Wildman–Crippen MR) is 38.2 cm³/mol. The third-order valence-electron chi connectivity index (χ3n) is 1.06. The highest BCUT2D eigenvalue weighted by Crippen LogP contribution is 2.32. The molecule has 0 aromatic rings. The minimum atomic E-state index is -0.472. The number of carbonyl (C=O) groups excluding carboxylic acids is 1. The number of rotatable bonds is 0. The molecule has 0 unspecified atom stereocenters. The SMILES string of the molecule is O=C1NCCC1(Br)Br. The molecule has 1 fully saturated rings. The lowest BCUT2D eigenvalue weighted by Gasteiger charge is -2.05. The minimum Gasteiger partial charge on any atom is -0.354 e. The predicted octanol–water partition coefficient (Wildman–Crippen LogP) is 0.992. The normalized spacial score (nSPS) is 25.5. The summed E-state index contributed by atoms with van der Waals surface area (Å²) in [6.45, 7) is 0.759. The molecule has 0 bridgehead atoms. The molecular formula is C4H5Br2NO. The second-order valence-corrected chi connectivity index (χ2v) is 5.48. The first-order chi connectivity index (χ1) is 3.63. The van der Waals surface area contributed by atoms with E-state index in [1.165, 1.54) is 0 Å². The van der Waals surface area contributed by atoms with Crippen molar-refractivity contribution < 1.29 is 4.79 Å². The van der Waals surface area contributed by atoms with Gasteiger partial charge in [0, 0.05) is 6.54 Å². The largest absolute Gasteiger partial charge is 0.354 e. The molecule has 4 heteroatoms. The Kier molecular flexibility index (Phi) is 1.63. The van der Waals surface area contributed by atoms with Crippen molar-refractivity contribution in [3.8, 4) is 0 Å². The van der Waals surface area contributed by atoms with Gasteiger partial charge in [-0.3, -0.25) is 4.79 Å². The summed E-state index contributed by atoms with van der Waals surface area (Å²) in [5.41, 5.74) is 0. The number of alkyl halides is 2. The van der Waals surface area contributed by atoms with E-state index in [0.717, 1.165) is 13.0 Å². The molecule has 1 aliphatic rings. The molecule has 1 aliphatic heterocycles. The number of hydrogen-bond acceptors (Lipinski definition) is 1. The Bertz CT molecular complexity index is 123. The van der Waals surface area contributed by atoms with Gasteiger partial charge in [-0.1, -0.05) is 31.9 Å². The van der Waals surface area contributed by atoms with E-state index in [2.05, 4.69) is 37.2 Å². The maximum absolute atomic E-state index is 10.7. The Morgan fingerprint density at radius 1 is 1.62 bits per heavy atom. The number of carbonyl (C=O) groups is 1. The molecule has 0 aromatic carbocycles. The van der Waals surface area contributed by atoms with Crippen LogP contribution in [-0.2, 0) is 4.79 Å². The molecule has 0 saturated carbocycles. The van der Waals surface area contributed by atoms with Gasteiger partial charge in [0.2, 0.25) is 5.91 Å². The smallest absolute Gasteiger partial charge is 0.247 e. The van der Waals surface area contributed by atoms with Crippen LogP contribution in [0, 0.1) is 0 Å². The van der Waals surface area contributed by atoms with Gasteiger partial charge in [-0.25, -0.2) is 0 Å². The van der Waals surface area contributed by atoms with Crippen LogP contribution in [0.4, 0.5) is 0 Å². The Balaban J connectivity index is 2.68. The zero-order chi connectivity index (χ0) is 6.20. The Hall–Kier alpha value is 0.430. The van der Waals surface area contributed by atoms with Crippen LogP contribution in [-0.4, -0.2) is 15.7 Å². The van der Waals surface area contributed by atoms with Crippen molar-refractivity contribution in [2.24, 2.45) is 0 Å². The fraction of sp³-hybridized carbons (Fsp3) is 0.750. The van der Waals surface area contributed by atoms with Crippen molar-refractivity contribution in [1.29, 1.82) is 0 Å². The molecule has 1 heterocycles. The second-order valence-electron chi connectivity index (χ2n) is 1.71. The lowest BCUT2D eigenvalue weighted by atomic mass is 10.4. The minimum absolute atomic E-state index is 0.0255. The van der Waals surface area contributed by atoms with Gasteiger partial charge in [-0.15, -0.1) is 0 Å². The zero-order valence-corrected chi connectivity index (χ0v) is 7.25. The van der Waals surface area contributed by atoms with Crippen molar-refractivity contribution >= 4 is 37.8 Å². The Labute approximate surface area is 64.3 Å². The molecule has 0 aromatic heterocycles. The summed E-state index contributed by atoms with van der Waals surface area (Å²) in [5.74, 6) is 0.0255. The van der Waals surface area contributed by atoms with E-state index in [1.807, 2.05) is 0 Å². The van der Waals surface area contributed by atoms with Crippen LogP contribution in [0.2, 0.25) is 0 Å². The molecule has 1 rings (SSSR count). The summed E-state index contributed by atoms with van der Waals surface area (Å²) < 4.78 is -0.472. The highest BCUT2D eigenvalue weighted by atomic mass is 79.9. The summed E-state index contributed by atoms with van der Waals surface area (Å²) >= 11 is 6.42. The fourth-order valence-electron chi connectivity index (χ4n) is 0.576. The van der Waals surface area contributed by atoms with Gasteiger partial charge in [0.15, 0.2) is 3.23 Å². The number of nitrogens with one attached hydrogen (secondary N) is 1. The molecule has 0 aliphatic carbocycles. The van der Waals surface area contributed by atoms with Gasteiger partial charge in [0.05, 0.1) is 0 Å². The van der Waals surface area contributed by atoms with Crippen LogP contribution in [0.5, 0.6) is 0 Å². The number of amides is 1. The van der Waals surface area contributed by atoms with Crippen LogP contribution in [0.25, 0.3) is 0 Å². The maximum Gasteiger partial charge on any atom is 0.247 e. The van der Waals surface area contributed by atoms with Gasteiger partial charge in [0.25, 0.3) is 0 Å². The van der Waals surface area contributed by atoms with E-state index in [-0.39, 0.29) is 5.91 Å². The summed E-state index contributed by atoms with van der Waals surface area (Å²) in [5, 5.41) is 2.68. The van der Waals surface area contributed by atoms with Gasteiger partial charge in [-0.2, -0.15) is 0 Å². The molecule has 2 nitrogen and oxygen atoms in total. The van der Waals surface area contributed by atoms with Crippen molar-refractivity contribution in [1.82, 2.24) is 5.32 Å².